The van der Waals surface area contributed by atoms with E-state index in [0.29, 0.717) is 41.3 Å². The van der Waals surface area contributed by atoms with Crippen LogP contribution in [0.25, 0.3) is 10.9 Å². The number of halogens is 1. The fourth-order valence-electron chi connectivity index (χ4n) is 3.70. The summed E-state index contributed by atoms with van der Waals surface area (Å²) >= 11 is 5.94. The molecule has 1 saturated heterocycles. The molecule has 146 valence electrons. The Labute approximate surface area is 168 Å². The predicted molar refractivity (Wildman–Crippen MR) is 112 cm³/mol. The second-order valence-electron chi connectivity index (χ2n) is 7.24. The lowest BCUT2D eigenvalue weighted by molar-refractivity contribution is -0.0249. The van der Waals surface area contributed by atoms with Crippen molar-refractivity contribution in [3.8, 4) is 0 Å². The van der Waals surface area contributed by atoms with Crippen LogP contribution in [-0.4, -0.2) is 46.2 Å². The molecule has 0 spiro atoms. The summed E-state index contributed by atoms with van der Waals surface area (Å²) in [6.45, 7) is 3.10. The zero-order chi connectivity index (χ0) is 19.6. The Hall–Kier alpha value is -2.41. The maximum atomic E-state index is 12.1. The van der Waals surface area contributed by atoms with Gasteiger partial charge in [0.05, 0.1) is 16.5 Å². The molecule has 6 nitrogen and oxygen atoms in total. The molecular weight excluding hydrogens is 376 g/mol. The number of benzene rings is 2. The van der Waals surface area contributed by atoms with E-state index in [1.165, 1.54) is 0 Å². The van der Waals surface area contributed by atoms with Crippen molar-refractivity contribution < 1.29 is 5.11 Å². The first-order chi connectivity index (χ1) is 13.5. The first-order valence-electron chi connectivity index (χ1n) is 9.47. The standard InChI is InChI=1S/C21H23ClN4O2/c22-16-7-5-15(6-8-16)21(28)9-12-26(13-10-21)14-11-23-20-24-18-4-2-1-3-17(18)19(27)25-20/h1-8,28H,9-14H2,(H2,23,24,25,27). The van der Waals surface area contributed by atoms with Crippen LogP contribution in [0.2, 0.25) is 5.02 Å². The number of piperidine rings is 1. The van der Waals surface area contributed by atoms with Gasteiger partial charge in [0.2, 0.25) is 5.95 Å². The van der Waals surface area contributed by atoms with Crippen LogP contribution in [0.15, 0.2) is 53.3 Å². The van der Waals surface area contributed by atoms with Crippen LogP contribution < -0.4 is 10.9 Å². The minimum atomic E-state index is -0.792. The normalized spacial score (nSPS) is 16.9. The van der Waals surface area contributed by atoms with E-state index in [4.69, 9.17) is 11.6 Å². The van der Waals surface area contributed by atoms with Crippen LogP contribution in [0.3, 0.4) is 0 Å². The summed E-state index contributed by atoms with van der Waals surface area (Å²) < 4.78 is 0. The third-order valence-corrected chi connectivity index (χ3v) is 5.65. The first kappa shape index (κ1) is 18.9. The zero-order valence-corrected chi connectivity index (χ0v) is 16.2. The third-order valence-electron chi connectivity index (χ3n) is 5.40. The van der Waals surface area contributed by atoms with E-state index in [0.717, 1.165) is 25.2 Å². The molecule has 0 radical (unpaired) electrons. The Bertz CT molecular complexity index is 1010. The number of aromatic nitrogens is 2. The Morgan fingerprint density at radius 1 is 1.14 bits per heavy atom. The minimum absolute atomic E-state index is 0.140. The van der Waals surface area contributed by atoms with E-state index in [9.17, 15) is 9.90 Å². The molecule has 1 aromatic heterocycles. The molecule has 0 bridgehead atoms. The average molecular weight is 399 g/mol. The molecule has 0 atom stereocenters. The van der Waals surface area contributed by atoms with Crippen molar-refractivity contribution in [3.05, 3.63) is 69.5 Å². The zero-order valence-electron chi connectivity index (χ0n) is 15.5. The average Bonchev–Trinajstić information content (AvgIpc) is 2.70. The SMILES string of the molecule is O=c1[nH]c(NCCN2CCC(O)(c3ccc(Cl)cc3)CC2)nc2ccccc12. The van der Waals surface area contributed by atoms with Crippen LogP contribution >= 0.6 is 11.6 Å². The monoisotopic (exact) mass is 398 g/mol. The molecule has 0 amide bonds. The lowest BCUT2D eigenvalue weighted by Gasteiger charge is -2.38. The van der Waals surface area contributed by atoms with Gasteiger partial charge >= 0.3 is 0 Å². The molecule has 3 aromatic rings. The molecule has 1 aliphatic heterocycles. The van der Waals surface area contributed by atoms with Crippen LogP contribution in [0.1, 0.15) is 18.4 Å². The third kappa shape index (κ3) is 4.04. The second-order valence-corrected chi connectivity index (χ2v) is 7.68. The number of aliphatic hydroxyl groups is 1. The highest BCUT2D eigenvalue weighted by atomic mass is 35.5. The lowest BCUT2D eigenvalue weighted by Crippen LogP contribution is -2.44. The number of nitrogens with zero attached hydrogens (tertiary/aromatic N) is 2. The van der Waals surface area contributed by atoms with Gasteiger partial charge in [0.1, 0.15) is 0 Å². The first-order valence-corrected chi connectivity index (χ1v) is 9.85. The summed E-state index contributed by atoms with van der Waals surface area (Å²) in [4.78, 5) is 21.6. The molecule has 7 heteroatoms. The maximum absolute atomic E-state index is 12.1. The fraction of sp³-hybridized carbons (Fsp3) is 0.333. The molecule has 0 saturated carbocycles. The van der Waals surface area contributed by atoms with Gasteiger partial charge in [-0.25, -0.2) is 4.98 Å². The van der Waals surface area contributed by atoms with E-state index in [1.54, 1.807) is 6.07 Å². The van der Waals surface area contributed by atoms with E-state index >= 15 is 0 Å². The number of likely N-dealkylation sites (tertiary alicyclic amines) is 1. The largest absolute Gasteiger partial charge is 0.385 e. The highest BCUT2D eigenvalue weighted by Crippen LogP contribution is 2.33. The molecule has 1 aliphatic rings. The second kappa shape index (κ2) is 7.91. The van der Waals surface area contributed by atoms with Gasteiger partial charge in [0.15, 0.2) is 0 Å². The van der Waals surface area contributed by atoms with Crippen molar-refractivity contribution in [2.24, 2.45) is 0 Å². The lowest BCUT2D eigenvalue weighted by atomic mass is 9.84. The van der Waals surface area contributed by atoms with E-state index < -0.39 is 5.60 Å². The van der Waals surface area contributed by atoms with Gasteiger partial charge in [-0.15, -0.1) is 0 Å². The molecule has 3 N–H and O–H groups in total. The summed E-state index contributed by atoms with van der Waals surface area (Å²) in [5.74, 6) is 0.485. The number of aromatic amines is 1. The van der Waals surface area contributed by atoms with E-state index in [1.807, 2.05) is 42.5 Å². The van der Waals surface area contributed by atoms with Crippen molar-refractivity contribution in [1.82, 2.24) is 14.9 Å². The Balaban J connectivity index is 1.31. The van der Waals surface area contributed by atoms with Crippen molar-refractivity contribution in [2.75, 3.05) is 31.5 Å². The van der Waals surface area contributed by atoms with Gasteiger partial charge in [-0.3, -0.25) is 9.78 Å². The van der Waals surface area contributed by atoms with Crippen molar-refractivity contribution >= 4 is 28.5 Å². The van der Waals surface area contributed by atoms with Gasteiger partial charge in [-0.1, -0.05) is 35.9 Å². The summed E-state index contributed by atoms with van der Waals surface area (Å²) in [7, 11) is 0. The number of hydrogen-bond donors (Lipinski definition) is 3. The minimum Gasteiger partial charge on any atom is -0.385 e. The fourth-order valence-corrected chi connectivity index (χ4v) is 3.82. The Morgan fingerprint density at radius 2 is 1.86 bits per heavy atom. The highest BCUT2D eigenvalue weighted by Gasteiger charge is 2.33. The van der Waals surface area contributed by atoms with Crippen LogP contribution in [0, 0.1) is 0 Å². The summed E-state index contributed by atoms with van der Waals surface area (Å²) in [6.07, 6.45) is 1.36. The molecule has 2 heterocycles. The van der Waals surface area contributed by atoms with Gasteiger partial charge in [0, 0.05) is 31.2 Å². The maximum Gasteiger partial charge on any atom is 0.260 e. The summed E-state index contributed by atoms with van der Waals surface area (Å²) in [6, 6.07) is 14.7. The van der Waals surface area contributed by atoms with Gasteiger partial charge in [0.25, 0.3) is 5.56 Å². The van der Waals surface area contributed by atoms with Crippen LogP contribution in [-0.2, 0) is 5.60 Å². The number of para-hydroxylation sites is 1. The van der Waals surface area contributed by atoms with Gasteiger partial charge in [-0.05, 0) is 42.7 Å². The molecular formula is C21H23ClN4O2. The number of anilines is 1. The van der Waals surface area contributed by atoms with Crippen molar-refractivity contribution in [1.29, 1.82) is 0 Å². The number of hydrogen-bond acceptors (Lipinski definition) is 5. The molecule has 2 aromatic carbocycles. The smallest absolute Gasteiger partial charge is 0.260 e. The quantitative estimate of drug-likeness (QED) is 0.615. The molecule has 0 aliphatic carbocycles. The highest BCUT2D eigenvalue weighted by molar-refractivity contribution is 6.30. The Kier molecular flexibility index (Phi) is 5.35. The molecule has 0 unspecified atom stereocenters. The van der Waals surface area contributed by atoms with E-state index in [2.05, 4.69) is 20.2 Å². The number of H-pyrrole nitrogens is 1. The molecule has 4 rings (SSSR count). The van der Waals surface area contributed by atoms with Gasteiger partial charge < -0.3 is 15.3 Å². The Morgan fingerprint density at radius 3 is 2.61 bits per heavy atom. The number of rotatable bonds is 5. The topological polar surface area (TPSA) is 81.2 Å². The predicted octanol–water partition coefficient (Wildman–Crippen LogP) is 2.97. The molecule has 28 heavy (non-hydrogen) atoms. The molecule has 1 fully saturated rings. The van der Waals surface area contributed by atoms with Crippen molar-refractivity contribution in [3.63, 3.8) is 0 Å². The number of nitrogens with one attached hydrogen (secondary N) is 2. The summed E-state index contributed by atoms with van der Waals surface area (Å²) in [5.41, 5.74) is 0.672. The van der Waals surface area contributed by atoms with E-state index in [-0.39, 0.29) is 5.56 Å². The van der Waals surface area contributed by atoms with Crippen molar-refractivity contribution in [2.45, 2.75) is 18.4 Å². The van der Waals surface area contributed by atoms with Gasteiger partial charge in [-0.2, -0.15) is 0 Å². The van der Waals surface area contributed by atoms with Crippen LogP contribution in [0.4, 0.5) is 5.95 Å². The van der Waals surface area contributed by atoms with Crippen LogP contribution in [0.5, 0.6) is 0 Å². The summed E-state index contributed by atoms with van der Waals surface area (Å²) in [5, 5.41) is 15.4. The number of fused-ring (bicyclic) bond motifs is 1.